The van der Waals surface area contributed by atoms with E-state index in [2.05, 4.69) is 15.3 Å². The number of nitrogens with zero attached hydrogens (tertiary/aromatic N) is 2. The SMILES string of the molecule is Clc1cc(NCc2ccco2)ncn1. The van der Waals surface area contributed by atoms with E-state index >= 15 is 0 Å². The van der Waals surface area contributed by atoms with Crippen LogP contribution in [0.25, 0.3) is 0 Å². The summed E-state index contributed by atoms with van der Waals surface area (Å²) in [6.45, 7) is 0.584. The van der Waals surface area contributed by atoms with Crippen molar-refractivity contribution in [1.82, 2.24) is 9.97 Å². The fourth-order valence-electron chi connectivity index (χ4n) is 1.02. The highest BCUT2D eigenvalue weighted by atomic mass is 35.5. The molecule has 0 saturated carbocycles. The Morgan fingerprint density at radius 1 is 1.43 bits per heavy atom. The third kappa shape index (κ3) is 2.23. The maximum atomic E-state index is 5.69. The summed E-state index contributed by atoms with van der Waals surface area (Å²) in [5.74, 6) is 1.53. The van der Waals surface area contributed by atoms with Crippen LogP contribution in [-0.2, 0) is 6.54 Å². The van der Waals surface area contributed by atoms with E-state index in [1.54, 1.807) is 12.3 Å². The van der Waals surface area contributed by atoms with Gasteiger partial charge in [-0.25, -0.2) is 9.97 Å². The smallest absolute Gasteiger partial charge is 0.134 e. The molecule has 0 atom stereocenters. The Balaban J connectivity index is 1.98. The molecule has 14 heavy (non-hydrogen) atoms. The largest absolute Gasteiger partial charge is 0.467 e. The quantitative estimate of drug-likeness (QED) is 0.789. The van der Waals surface area contributed by atoms with Crippen molar-refractivity contribution in [3.05, 3.63) is 41.7 Å². The van der Waals surface area contributed by atoms with Crippen LogP contribution in [0.5, 0.6) is 0 Å². The van der Waals surface area contributed by atoms with Crippen molar-refractivity contribution in [2.24, 2.45) is 0 Å². The number of halogens is 1. The Morgan fingerprint density at radius 2 is 2.36 bits per heavy atom. The number of hydrogen-bond donors (Lipinski definition) is 1. The molecule has 0 radical (unpaired) electrons. The summed E-state index contributed by atoms with van der Waals surface area (Å²) >= 11 is 5.69. The predicted molar refractivity (Wildman–Crippen MR) is 53.1 cm³/mol. The first-order valence-corrected chi connectivity index (χ1v) is 4.46. The van der Waals surface area contributed by atoms with Gasteiger partial charge in [-0.2, -0.15) is 0 Å². The Bertz CT molecular complexity index is 402. The van der Waals surface area contributed by atoms with E-state index in [1.807, 2.05) is 12.1 Å². The third-order valence-corrected chi connectivity index (χ3v) is 1.86. The lowest BCUT2D eigenvalue weighted by Gasteiger charge is -2.02. The molecule has 2 heterocycles. The number of hydrogen-bond acceptors (Lipinski definition) is 4. The normalized spacial score (nSPS) is 10.1. The molecule has 4 nitrogen and oxygen atoms in total. The number of anilines is 1. The monoisotopic (exact) mass is 209 g/mol. The van der Waals surface area contributed by atoms with Gasteiger partial charge in [0.25, 0.3) is 0 Å². The molecule has 0 aliphatic rings. The summed E-state index contributed by atoms with van der Waals surface area (Å²) in [5.41, 5.74) is 0. The van der Waals surface area contributed by atoms with Gasteiger partial charge in [0.2, 0.25) is 0 Å². The lowest BCUT2D eigenvalue weighted by atomic mass is 10.4. The molecule has 0 spiro atoms. The van der Waals surface area contributed by atoms with Crippen LogP contribution in [0.15, 0.2) is 35.2 Å². The highest BCUT2D eigenvalue weighted by Crippen LogP contribution is 2.10. The van der Waals surface area contributed by atoms with Gasteiger partial charge in [-0.1, -0.05) is 11.6 Å². The second-order valence-electron chi connectivity index (χ2n) is 2.66. The Morgan fingerprint density at radius 3 is 3.07 bits per heavy atom. The molecule has 5 heteroatoms. The van der Waals surface area contributed by atoms with Gasteiger partial charge in [0, 0.05) is 6.07 Å². The van der Waals surface area contributed by atoms with Gasteiger partial charge >= 0.3 is 0 Å². The van der Waals surface area contributed by atoms with Gasteiger partial charge in [-0.3, -0.25) is 0 Å². The Kier molecular flexibility index (Phi) is 2.65. The minimum Gasteiger partial charge on any atom is -0.467 e. The Labute approximate surface area is 85.9 Å². The molecule has 2 rings (SSSR count). The summed E-state index contributed by atoms with van der Waals surface area (Å²) in [6.07, 6.45) is 3.04. The van der Waals surface area contributed by atoms with Crippen LogP contribution in [-0.4, -0.2) is 9.97 Å². The van der Waals surface area contributed by atoms with Crippen LogP contribution in [0.3, 0.4) is 0 Å². The number of aromatic nitrogens is 2. The third-order valence-electron chi connectivity index (χ3n) is 1.66. The van der Waals surface area contributed by atoms with Gasteiger partial charge in [0.15, 0.2) is 0 Å². The first kappa shape index (κ1) is 9.02. The fraction of sp³-hybridized carbons (Fsp3) is 0.111. The van der Waals surface area contributed by atoms with Gasteiger partial charge in [-0.15, -0.1) is 0 Å². The van der Waals surface area contributed by atoms with Gasteiger partial charge in [-0.05, 0) is 12.1 Å². The van der Waals surface area contributed by atoms with Crippen molar-refractivity contribution in [3.8, 4) is 0 Å². The molecule has 0 amide bonds. The van der Waals surface area contributed by atoms with Gasteiger partial charge in [0.05, 0.1) is 12.8 Å². The topological polar surface area (TPSA) is 51.0 Å². The van der Waals surface area contributed by atoms with E-state index in [0.29, 0.717) is 17.5 Å². The molecular weight excluding hydrogens is 202 g/mol. The molecule has 0 unspecified atom stereocenters. The summed E-state index contributed by atoms with van der Waals surface area (Å²) in [6, 6.07) is 5.38. The van der Waals surface area contributed by atoms with Gasteiger partial charge < -0.3 is 9.73 Å². The van der Waals surface area contributed by atoms with Crippen LogP contribution in [0.1, 0.15) is 5.76 Å². The number of furan rings is 1. The maximum Gasteiger partial charge on any atom is 0.134 e. The number of rotatable bonds is 3. The summed E-state index contributed by atoms with van der Waals surface area (Å²) in [4.78, 5) is 7.77. The molecule has 1 N–H and O–H groups in total. The van der Waals surface area contributed by atoms with Crippen molar-refractivity contribution < 1.29 is 4.42 Å². The molecule has 0 bridgehead atoms. The first-order valence-electron chi connectivity index (χ1n) is 4.08. The highest BCUT2D eigenvalue weighted by molar-refractivity contribution is 6.29. The molecule has 2 aromatic heterocycles. The molecular formula is C9H8ClN3O. The summed E-state index contributed by atoms with van der Waals surface area (Å²) in [7, 11) is 0. The van der Waals surface area contributed by atoms with Crippen LogP contribution >= 0.6 is 11.6 Å². The van der Waals surface area contributed by atoms with E-state index in [4.69, 9.17) is 16.0 Å². The van der Waals surface area contributed by atoms with Crippen molar-refractivity contribution in [2.45, 2.75) is 6.54 Å². The molecule has 0 aliphatic heterocycles. The second kappa shape index (κ2) is 4.11. The molecule has 0 saturated heterocycles. The van der Waals surface area contributed by atoms with E-state index in [0.717, 1.165) is 5.76 Å². The average molecular weight is 210 g/mol. The average Bonchev–Trinajstić information content (AvgIpc) is 2.67. The zero-order valence-electron chi connectivity index (χ0n) is 7.27. The standard InChI is InChI=1S/C9H8ClN3O/c10-8-4-9(13-6-12-8)11-5-7-2-1-3-14-7/h1-4,6H,5H2,(H,11,12,13). The van der Waals surface area contributed by atoms with Crippen LogP contribution in [0, 0.1) is 0 Å². The molecule has 0 fully saturated rings. The summed E-state index contributed by atoms with van der Waals surface area (Å²) in [5, 5.41) is 3.48. The lowest BCUT2D eigenvalue weighted by molar-refractivity contribution is 0.518. The summed E-state index contributed by atoms with van der Waals surface area (Å²) < 4.78 is 5.15. The van der Waals surface area contributed by atoms with Crippen LogP contribution in [0.2, 0.25) is 5.15 Å². The van der Waals surface area contributed by atoms with E-state index in [1.165, 1.54) is 6.33 Å². The van der Waals surface area contributed by atoms with E-state index in [-0.39, 0.29) is 0 Å². The fourth-order valence-corrected chi connectivity index (χ4v) is 1.17. The lowest BCUT2D eigenvalue weighted by Crippen LogP contribution is -2.00. The van der Waals surface area contributed by atoms with Crippen molar-refractivity contribution >= 4 is 17.4 Å². The minimum absolute atomic E-state index is 0.418. The number of nitrogens with one attached hydrogen (secondary N) is 1. The zero-order chi connectivity index (χ0) is 9.80. The molecule has 0 aromatic carbocycles. The first-order chi connectivity index (χ1) is 6.84. The zero-order valence-corrected chi connectivity index (χ0v) is 8.03. The maximum absolute atomic E-state index is 5.69. The molecule has 72 valence electrons. The van der Waals surface area contributed by atoms with Gasteiger partial charge in [0.1, 0.15) is 23.1 Å². The molecule has 2 aromatic rings. The van der Waals surface area contributed by atoms with Crippen molar-refractivity contribution in [2.75, 3.05) is 5.32 Å². The minimum atomic E-state index is 0.418. The predicted octanol–water partition coefficient (Wildman–Crippen LogP) is 2.34. The van der Waals surface area contributed by atoms with Crippen LogP contribution < -0.4 is 5.32 Å². The second-order valence-corrected chi connectivity index (χ2v) is 3.05. The van der Waals surface area contributed by atoms with E-state index in [9.17, 15) is 0 Å². The van der Waals surface area contributed by atoms with Crippen molar-refractivity contribution in [1.29, 1.82) is 0 Å². The van der Waals surface area contributed by atoms with Crippen molar-refractivity contribution in [3.63, 3.8) is 0 Å². The Hall–Kier alpha value is -1.55. The van der Waals surface area contributed by atoms with E-state index < -0.39 is 0 Å². The van der Waals surface area contributed by atoms with Crippen LogP contribution in [0.4, 0.5) is 5.82 Å². The highest BCUT2D eigenvalue weighted by Gasteiger charge is 1.97. The molecule has 0 aliphatic carbocycles.